The number of benzene rings is 2. The Balaban J connectivity index is 0.00000187. The smallest absolute Gasteiger partial charge is 0.308 e. The van der Waals surface area contributed by atoms with Gasteiger partial charge in [0.05, 0.1) is 45.1 Å². The SMILES string of the molecule is CC.CCOC(=O)C1CCC(OC(COCc2ccccc2)COCc2ccccc2)CC1. The molecule has 0 amide bonds. The first-order valence-corrected chi connectivity index (χ1v) is 12.3. The van der Waals surface area contributed by atoms with Crippen molar-refractivity contribution in [3.8, 4) is 0 Å². The van der Waals surface area contributed by atoms with E-state index in [4.69, 9.17) is 18.9 Å². The number of hydrogen-bond donors (Lipinski definition) is 0. The molecular formula is C28H40O5. The maximum absolute atomic E-state index is 12.0. The van der Waals surface area contributed by atoms with Gasteiger partial charge in [0.15, 0.2) is 0 Å². The minimum absolute atomic E-state index is 0.00177. The Labute approximate surface area is 199 Å². The van der Waals surface area contributed by atoms with Crippen LogP contribution in [0.5, 0.6) is 0 Å². The monoisotopic (exact) mass is 456 g/mol. The van der Waals surface area contributed by atoms with Crippen LogP contribution in [0.2, 0.25) is 0 Å². The molecule has 0 unspecified atom stereocenters. The predicted molar refractivity (Wildman–Crippen MR) is 131 cm³/mol. The Bertz CT molecular complexity index is 696. The standard InChI is InChI=1S/C26H34O5.C2H6/c1-2-30-26(27)23-13-15-24(16-14-23)31-25(19-28-17-21-9-5-3-6-10-21)20-29-18-22-11-7-4-8-12-22;1-2/h3-12,23-25H,2,13-20H2,1H3;1-2H3. The Kier molecular flexibility index (Phi) is 13.4. The summed E-state index contributed by atoms with van der Waals surface area (Å²) in [4.78, 5) is 12.0. The molecule has 5 nitrogen and oxygen atoms in total. The van der Waals surface area contributed by atoms with Crippen LogP contribution in [0.15, 0.2) is 60.7 Å². The topological polar surface area (TPSA) is 54.0 Å². The van der Waals surface area contributed by atoms with Crippen molar-refractivity contribution in [3.63, 3.8) is 0 Å². The average Bonchev–Trinajstić information content (AvgIpc) is 2.87. The summed E-state index contributed by atoms with van der Waals surface area (Å²) in [5.41, 5.74) is 2.28. The zero-order valence-corrected chi connectivity index (χ0v) is 20.4. The molecule has 5 heteroatoms. The van der Waals surface area contributed by atoms with Crippen LogP contribution >= 0.6 is 0 Å². The Morgan fingerprint density at radius 3 is 1.76 bits per heavy atom. The van der Waals surface area contributed by atoms with Gasteiger partial charge in [0.25, 0.3) is 0 Å². The zero-order valence-electron chi connectivity index (χ0n) is 20.4. The molecule has 0 heterocycles. The molecule has 1 fully saturated rings. The quantitative estimate of drug-likeness (QED) is 0.369. The van der Waals surface area contributed by atoms with Gasteiger partial charge in [-0.1, -0.05) is 74.5 Å². The lowest BCUT2D eigenvalue weighted by molar-refractivity contribution is -0.151. The molecule has 0 bridgehead atoms. The van der Waals surface area contributed by atoms with Crippen molar-refractivity contribution < 1.29 is 23.7 Å². The van der Waals surface area contributed by atoms with E-state index >= 15 is 0 Å². The number of esters is 1. The first-order chi connectivity index (χ1) is 16.2. The molecule has 0 aromatic heterocycles. The Hall–Kier alpha value is -2.21. The minimum Gasteiger partial charge on any atom is -0.466 e. The summed E-state index contributed by atoms with van der Waals surface area (Å²) in [6.45, 7) is 8.34. The van der Waals surface area contributed by atoms with E-state index in [0.717, 1.165) is 36.8 Å². The molecule has 0 spiro atoms. The number of hydrogen-bond acceptors (Lipinski definition) is 5. The van der Waals surface area contributed by atoms with Crippen LogP contribution < -0.4 is 0 Å². The van der Waals surface area contributed by atoms with Gasteiger partial charge in [-0.15, -0.1) is 0 Å². The van der Waals surface area contributed by atoms with E-state index in [1.807, 2.05) is 57.2 Å². The third-order valence-electron chi connectivity index (χ3n) is 5.51. The van der Waals surface area contributed by atoms with Gasteiger partial charge in [-0.25, -0.2) is 0 Å². The van der Waals surface area contributed by atoms with E-state index < -0.39 is 0 Å². The summed E-state index contributed by atoms with van der Waals surface area (Å²) in [5.74, 6) is -0.0724. The molecule has 0 saturated heterocycles. The van der Waals surface area contributed by atoms with Crippen LogP contribution in [-0.2, 0) is 37.0 Å². The molecule has 0 aliphatic heterocycles. The lowest BCUT2D eigenvalue weighted by Crippen LogP contribution is -2.34. The predicted octanol–water partition coefficient (Wildman–Crippen LogP) is 5.95. The van der Waals surface area contributed by atoms with Gasteiger partial charge in [0.2, 0.25) is 0 Å². The van der Waals surface area contributed by atoms with Gasteiger partial charge in [-0.3, -0.25) is 4.79 Å². The number of rotatable bonds is 12. The molecular weight excluding hydrogens is 416 g/mol. The van der Waals surface area contributed by atoms with Crippen molar-refractivity contribution in [1.29, 1.82) is 0 Å². The van der Waals surface area contributed by atoms with E-state index in [-0.39, 0.29) is 24.1 Å². The van der Waals surface area contributed by atoms with Crippen LogP contribution in [-0.4, -0.2) is 38.0 Å². The van der Waals surface area contributed by atoms with Gasteiger partial charge >= 0.3 is 5.97 Å². The highest BCUT2D eigenvalue weighted by Crippen LogP contribution is 2.28. The molecule has 0 atom stereocenters. The maximum atomic E-state index is 12.0. The second-order valence-electron chi connectivity index (χ2n) is 7.99. The van der Waals surface area contributed by atoms with Gasteiger partial charge in [0.1, 0.15) is 6.10 Å². The van der Waals surface area contributed by atoms with E-state index in [2.05, 4.69) is 24.3 Å². The van der Waals surface area contributed by atoms with Crippen LogP contribution in [0.4, 0.5) is 0 Å². The van der Waals surface area contributed by atoms with Crippen molar-refractivity contribution in [1.82, 2.24) is 0 Å². The van der Waals surface area contributed by atoms with Crippen LogP contribution in [0.1, 0.15) is 57.6 Å². The fraction of sp³-hybridized carbons (Fsp3) is 0.536. The van der Waals surface area contributed by atoms with E-state index in [1.165, 1.54) is 0 Å². The second-order valence-corrected chi connectivity index (χ2v) is 7.99. The largest absolute Gasteiger partial charge is 0.466 e. The van der Waals surface area contributed by atoms with Gasteiger partial charge < -0.3 is 18.9 Å². The van der Waals surface area contributed by atoms with Crippen molar-refractivity contribution in [2.75, 3.05) is 19.8 Å². The highest BCUT2D eigenvalue weighted by molar-refractivity contribution is 5.72. The minimum atomic E-state index is -0.142. The summed E-state index contributed by atoms with van der Waals surface area (Å²) in [6.07, 6.45) is 3.32. The van der Waals surface area contributed by atoms with E-state index in [0.29, 0.717) is 33.0 Å². The summed E-state index contributed by atoms with van der Waals surface area (Å²) in [5, 5.41) is 0. The lowest BCUT2D eigenvalue weighted by atomic mass is 9.87. The first-order valence-electron chi connectivity index (χ1n) is 12.3. The maximum Gasteiger partial charge on any atom is 0.308 e. The summed E-state index contributed by atoms with van der Waals surface area (Å²) >= 11 is 0. The lowest BCUT2D eigenvalue weighted by Gasteiger charge is -2.30. The van der Waals surface area contributed by atoms with E-state index in [1.54, 1.807) is 0 Å². The molecule has 33 heavy (non-hydrogen) atoms. The van der Waals surface area contributed by atoms with Crippen molar-refractivity contribution in [3.05, 3.63) is 71.8 Å². The van der Waals surface area contributed by atoms with Crippen LogP contribution in [0.25, 0.3) is 0 Å². The van der Waals surface area contributed by atoms with Gasteiger partial charge in [-0.05, 0) is 43.7 Å². The van der Waals surface area contributed by atoms with E-state index in [9.17, 15) is 4.79 Å². The molecule has 0 N–H and O–H groups in total. The molecule has 182 valence electrons. The zero-order chi connectivity index (χ0) is 23.7. The van der Waals surface area contributed by atoms with Crippen LogP contribution in [0.3, 0.4) is 0 Å². The van der Waals surface area contributed by atoms with Gasteiger partial charge in [0, 0.05) is 0 Å². The summed E-state index contributed by atoms with van der Waals surface area (Å²) < 4.78 is 23.4. The third kappa shape index (κ3) is 10.5. The highest BCUT2D eigenvalue weighted by atomic mass is 16.6. The average molecular weight is 457 g/mol. The third-order valence-corrected chi connectivity index (χ3v) is 5.51. The van der Waals surface area contributed by atoms with Crippen LogP contribution in [0, 0.1) is 5.92 Å². The Morgan fingerprint density at radius 2 is 1.30 bits per heavy atom. The highest BCUT2D eigenvalue weighted by Gasteiger charge is 2.29. The summed E-state index contributed by atoms with van der Waals surface area (Å²) in [6, 6.07) is 20.3. The Morgan fingerprint density at radius 1 is 0.818 bits per heavy atom. The molecule has 1 aliphatic carbocycles. The normalized spacial score (nSPS) is 17.8. The fourth-order valence-corrected chi connectivity index (χ4v) is 3.86. The number of ether oxygens (including phenoxy) is 4. The van der Waals surface area contributed by atoms with Crippen molar-refractivity contribution in [2.45, 2.75) is 71.9 Å². The van der Waals surface area contributed by atoms with Gasteiger partial charge in [-0.2, -0.15) is 0 Å². The molecule has 2 aromatic carbocycles. The van der Waals surface area contributed by atoms with Crippen molar-refractivity contribution >= 4 is 5.97 Å². The van der Waals surface area contributed by atoms with Crippen molar-refractivity contribution in [2.24, 2.45) is 5.92 Å². The number of carbonyl (C=O) groups is 1. The molecule has 2 aromatic rings. The number of carbonyl (C=O) groups excluding carboxylic acids is 1. The second kappa shape index (κ2) is 16.4. The molecule has 1 saturated carbocycles. The molecule has 3 rings (SSSR count). The summed E-state index contributed by atoms with van der Waals surface area (Å²) in [7, 11) is 0. The first kappa shape index (κ1) is 27.0. The molecule has 1 aliphatic rings. The fourth-order valence-electron chi connectivity index (χ4n) is 3.86. The molecule has 0 radical (unpaired) electrons.